The van der Waals surface area contributed by atoms with Gasteiger partial charge in [0.25, 0.3) is 5.91 Å². The van der Waals surface area contributed by atoms with Gasteiger partial charge in [0, 0.05) is 24.2 Å². The third kappa shape index (κ3) is 4.00. The molecule has 2 aromatic carbocycles. The van der Waals surface area contributed by atoms with Crippen molar-refractivity contribution < 1.29 is 9.21 Å². The Kier molecular flexibility index (Phi) is 6.21. The SMILES string of the molecule is Cl.O=C(c1ccccc1-c1ncc(-c2ccccc2)o1)N1CC[C@@H]2CNC[C@@H]2CC1. The second-order valence-electron chi connectivity index (χ2n) is 7.99. The average Bonchev–Trinajstić information content (AvgIpc) is 3.40. The summed E-state index contributed by atoms with van der Waals surface area (Å²) in [5.74, 6) is 2.67. The molecule has 0 saturated carbocycles. The van der Waals surface area contributed by atoms with Gasteiger partial charge >= 0.3 is 0 Å². The predicted molar refractivity (Wildman–Crippen MR) is 120 cm³/mol. The molecule has 0 bridgehead atoms. The summed E-state index contributed by atoms with van der Waals surface area (Å²) in [6.07, 6.45) is 3.87. The van der Waals surface area contributed by atoms with E-state index >= 15 is 0 Å². The van der Waals surface area contributed by atoms with E-state index in [1.807, 2.05) is 59.5 Å². The molecule has 3 heterocycles. The Morgan fingerprint density at radius 2 is 1.63 bits per heavy atom. The molecule has 156 valence electrons. The van der Waals surface area contributed by atoms with E-state index in [-0.39, 0.29) is 18.3 Å². The van der Waals surface area contributed by atoms with Gasteiger partial charge in [-0.05, 0) is 49.9 Å². The van der Waals surface area contributed by atoms with Crippen LogP contribution in [0.4, 0.5) is 0 Å². The number of halogens is 1. The van der Waals surface area contributed by atoms with Crippen molar-refractivity contribution in [1.82, 2.24) is 15.2 Å². The summed E-state index contributed by atoms with van der Waals surface area (Å²) in [6, 6.07) is 17.5. The normalized spacial score (nSPS) is 20.9. The van der Waals surface area contributed by atoms with Gasteiger partial charge in [0.1, 0.15) is 0 Å². The van der Waals surface area contributed by atoms with Crippen molar-refractivity contribution in [3.8, 4) is 22.8 Å². The van der Waals surface area contributed by atoms with Crippen molar-refractivity contribution in [3.05, 3.63) is 66.4 Å². The van der Waals surface area contributed by atoms with Crippen LogP contribution in [0, 0.1) is 11.8 Å². The maximum Gasteiger partial charge on any atom is 0.254 e. The lowest BCUT2D eigenvalue weighted by atomic mass is 9.92. The molecule has 0 aliphatic carbocycles. The Balaban J connectivity index is 0.00000218. The topological polar surface area (TPSA) is 58.4 Å². The largest absolute Gasteiger partial charge is 0.436 e. The van der Waals surface area contributed by atoms with Gasteiger partial charge in [-0.1, -0.05) is 42.5 Å². The van der Waals surface area contributed by atoms with Crippen LogP contribution < -0.4 is 5.32 Å². The molecule has 0 radical (unpaired) electrons. The molecule has 1 aromatic heterocycles. The van der Waals surface area contributed by atoms with E-state index < -0.39 is 0 Å². The summed E-state index contributed by atoms with van der Waals surface area (Å²) in [4.78, 5) is 19.9. The molecule has 0 spiro atoms. The Morgan fingerprint density at radius 1 is 0.967 bits per heavy atom. The number of likely N-dealkylation sites (tertiary alicyclic amines) is 1. The lowest BCUT2D eigenvalue weighted by molar-refractivity contribution is 0.0759. The number of aromatic nitrogens is 1. The molecule has 1 N–H and O–H groups in total. The van der Waals surface area contributed by atoms with E-state index in [0.717, 1.165) is 50.1 Å². The number of oxazole rings is 1. The summed E-state index contributed by atoms with van der Waals surface area (Å²) >= 11 is 0. The molecular weight excluding hydrogens is 398 g/mol. The number of hydrogen-bond acceptors (Lipinski definition) is 4. The minimum absolute atomic E-state index is 0. The van der Waals surface area contributed by atoms with Crippen LogP contribution in [-0.2, 0) is 0 Å². The zero-order valence-electron chi connectivity index (χ0n) is 16.8. The Bertz CT molecular complexity index is 990. The van der Waals surface area contributed by atoms with E-state index in [1.165, 1.54) is 0 Å². The van der Waals surface area contributed by atoms with Crippen molar-refractivity contribution in [2.45, 2.75) is 12.8 Å². The number of amides is 1. The molecule has 6 heteroatoms. The lowest BCUT2D eigenvalue weighted by Gasteiger charge is -2.22. The highest BCUT2D eigenvalue weighted by Crippen LogP contribution is 2.31. The van der Waals surface area contributed by atoms with Crippen LogP contribution >= 0.6 is 12.4 Å². The van der Waals surface area contributed by atoms with E-state index in [0.29, 0.717) is 29.1 Å². The highest BCUT2D eigenvalue weighted by Gasteiger charge is 2.32. The standard InChI is InChI=1S/C24H25N3O2.ClH/c28-24(27-12-10-18-14-25-15-19(18)11-13-27)21-9-5-4-8-20(21)23-26-16-22(29-23)17-6-2-1-3-7-17;/h1-9,16,18-19,25H,10-15H2;1H/t18-,19+;. The maximum atomic E-state index is 13.4. The highest BCUT2D eigenvalue weighted by atomic mass is 35.5. The summed E-state index contributed by atoms with van der Waals surface area (Å²) in [5, 5.41) is 3.49. The number of nitrogens with zero attached hydrogens (tertiary/aromatic N) is 2. The number of carbonyl (C=O) groups is 1. The molecular formula is C24H26ClN3O2. The monoisotopic (exact) mass is 423 g/mol. The molecule has 5 nitrogen and oxygen atoms in total. The molecule has 3 aromatic rings. The molecule has 2 aliphatic rings. The van der Waals surface area contributed by atoms with Crippen molar-refractivity contribution in [3.63, 3.8) is 0 Å². The van der Waals surface area contributed by atoms with Crippen LogP contribution in [0.15, 0.2) is 65.2 Å². The van der Waals surface area contributed by atoms with Crippen LogP contribution in [0.1, 0.15) is 23.2 Å². The number of fused-ring (bicyclic) bond motifs is 1. The van der Waals surface area contributed by atoms with E-state index in [9.17, 15) is 4.79 Å². The van der Waals surface area contributed by atoms with Gasteiger partial charge in [0.05, 0.1) is 11.8 Å². The smallest absolute Gasteiger partial charge is 0.254 e. The molecule has 1 amide bonds. The van der Waals surface area contributed by atoms with Gasteiger partial charge in [-0.3, -0.25) is 4.79 Å². The summed E-state index contributed by atoms with van der Waals surface area (Å²) in [6.45, 7) is 3.80. The fourth-order valence-corrected chi connectivity index (χ4v) is 4.58. The van der Waals surface area contributed by atoms with Crippen LogP contribution in [0.25, 0.3) is 22.8 Å². The van der Waals surface area contributed by atoms with Crippen molar-refractivity contribution in [2.24, 2.45) is 11.8 Å². The van der Waals surface area contributed by atoms with Gasteiger partial charge in [-0.15, -0.1) is 12.4 Å². The van der Waals surface area contributed by atoms with Crippen molar-refractivity contribution in [1.29, 1.82) is 0 Å². The zero-order valence-corrected chi connectivity index (χ0v) is 17.6. The third-order valence-corrected chi connectivity index (χ3v) is 6.26. The van der Waals surface area contributed by atoms with Crippen LogP contribution in [-0.4, -0.2) is 42.0 Å². The minimum Gasteiger partial charge on any atom is -0.436 e. The molecule has 30 heavy (non-hydrogen) atoms. The maximum absolute atomic E-state index is 13.4. The molecule has 2 fully saturated rings. The Labute approximate surface area is 182 Å². The second-order valence-corrected chi connectivity index (χ2v) is 7.99. The zero-order chi connectivity index (χ0) is 19.6. The number of nitrogens with one attached hydrogen (secondary N) is 1. The first kappa shape index (κ1) is 20.6. The number of hydrogen-bond donors (Lipinski definition) is 1. The predicted octanol–water partition coefficient (Wildman–Crippen LogP) is 4.50. The van der Waals surface area contributed by atoms with Gasteiger partial charge in [-0.2, -0.15) is 0 Å². The third-order valence-electron chi connectivity index (χ3n) is 6.26. The first-order chi connectivity index (χ1) is 14.3. The molecule has 0 unspecified atom stereocenters. The fraction of sp³-hybridized carbons (Fsp3) is 0.333. The first-order valence-corrected chi connectivity index (χ1v) is 10.4. The van der Waals surface area contributed by atoms with Gasteiger partial charge in [-0.25, -0.2) is 4.98 Å². The highest BCUT2D eigenvalue weighted by molar-refractivity contribution is 6.00. The molecule has 5 rings (SSSR count). The van der Waals surface area contributed by atoms with Gasteiger partial charge in [0.2, 0.25) is 5.89 Å². The van der Waals surface area contributed by atoms with Crippen LogP contribution in [0.5, 0.6) is 0 Å². The van der Waals surface area contributed by atoms with E-state index in [1.54, 1.807) is 6.20 Å². The Morgan fingerprint density at radius 3 is 2.37 bits per heavy atom. The van der Waals surface area contributed by atoms with Crippen LogP contribution in [0.2, 0.25) is 0 Å². The van der Waals surface area contributed by atoms with Crippen LogP contribution in [0.3, 0.4) is 0 Å². The Hall–Kier alpha value is -2.63. The summed E-state index contributed by atoms with van der Waals surface area (Å²) in [7, 11) is 0. The number of benzene rings is 2. The van der Waals surface area contributed by atoms with Crippen molar-refractivity contribution in [2.75, 3.05) is 26.2 Å². The molecule has 2 atom stereocenters. The van der Waals surface area contributed by atoms with Gasteiger partial charge in [0.15, 0.2) is 5.76 Å². The van der Waals surface area contributed by atoms with Gasteiger partial charge < -0.3 is 14.6 Å². The summed E-state index contributed by atoms with van der Waals surface area (Å²) in [5.41, 5.74) is 2.40. The molecule has 2 saturated heterocycles. The average molecular weight is 424 g/mol. The molecule has 2 aliphatic heterocycles. The summed E-state index contributed by atoms with van der Waals surface area (Å²) < 4.78 is 6.03. The minimum atomic E-state index is 0. The number of rotatable bonds is 3. The quantitative estimate of drug-likeness (QED) is 0.673. The van der Waals surface area contributed by atoms with Crippen molar-refractivity contribution >= 4 is 18.3 Å². The number of carbonyl (C=O) groups excluding carboxylic acids is 1. The van der Waals surface area contributed by atoms with E-state index in [4.69, 9.17) is 4.42 Å². The lowest BCUT2D eigenvalue weighted by Crippen LogP contribution is -2.33. The fourth-order valence-electron chi connectivity index (χ4n) is 4.58. The first-order valence-electron chi connectivity index (χ1n) is 10.4. The van der Waals surface area contributed by atoms with E-state index in [2.05, 4.69) is 10.3 Å². The second kappa shape index (κ2) is 9.02.